The maximum absolute atomic E-state index is 13.6. The summed E-state index contributed by atoms with van der Waals surface area (Å²) in [5, 5.41) is 0. The summed E-state index contributed by atoms with van der Waals surface area (Å²) < 4.78 is 31.9. The Balaban J connectivity index is 2.97. The third kappa shape index (κ3) is 3.36. The number of esters is 1. The van der Waals surface area contributed by atoms with Gasteiger partial charge in [0.25, 0.3) is 0 Å². The molecule has 0 N–H and O–H groups in total. The minimum atomic E-state index is -1.05. The lowest BCUT2D eigenvalue weighted by atomic mass is 9.89. The molecule has 0 aliphatic carbocycles. The lowest BCUT2D eigenvalue weighted by Crippen LogP contribution is -2.27. The van der Waals surface area contributed by atoms with Gasteiger partial charge in [-0.3, -0.25) is 9.59 Å². The first-order chi connectivity index (χ1) is 8.90. The molecule has 0 heterocycles. The SMILES string of the molecule is CCOC(=O)[C@H](C)C(=O)[C@@H](C)c1c(F)cccc1F. The van der Waals surface area contributed by atoms with Gasteiger partial charge >= 0.3 is 5.97 Å². The van der Waals surface area contributed by atoms with Crippen molar-refractivity contribution in [3.05, 3.63) is 35.4 Å². The van der Waals surface area contributed by atoms with Crippen LogP contribution in [0.25, 0.3) is 0 Å². The molecule has 3 nitrogen and oxygen atoms in total. The molecule has 1 rings (SSSR count). The molecule has 0 unspecified atom stereocenters. The first-order valence-corrected chi connectivity index (χ1v) is 6.04. The summed E-state index contributed by atoms with van der Waals surface area (Å²) >= 11 is 0. The topological polar surface area (TPSA) is 43.4 Å². The first-order valence-electron chi connectivity index (χ1n) is 6.04. The Hall–Kier alpha value is -1.78. The lowest BCUT2D eigenvalue weighted by Gasteiger charge is -2.16. The highest BCUT2D eigenvalue weighted by molar-refractivity contribution is 6.01. The Bertz CT molecular complexity index is 465. The second-order valence-electron chi connectivity index (χ2n) is 4.23. The number of carbonyl (C=O) groups is 2. The molecule has 0 radical (unpaired) electrons. The monoisotopic (exact) mass is 270 g/mol. The highest BCUT2D eigenvalue weighted by atomic mass is 19.1. The van der Waals surface area contributed by atoms with Crippen LogP contribution in [-0.4, -0.2) is 18.4 Å². The van der Waals surface area contributed by atoms with E-state index in [-0.39, 0.29) is 12.2 Å². The molecule has 0 aliphatic rings. The number of benzene rings is 1. The fourth-order valence-corrected chi connectivity index (χ4v) is 1.83. The Kier molecular flexibility index (Phi) is 5.15. The minimum Gasteiger partial charge on any atom is -0.465 e. The third-order valence-corrected chi connectivity index (χ3v) is 2.93. The van der Waals surface area contributed by atoms with E-state index in [1.165, 1.54) is 19.9 Å². The minimum absolute atomic E-state index is 0.152. The predicted molar refractivity (Wildman–Crippen MR) is 65.6 cm³/mol. The van der Waals surface area contributed by atoms with E-state index in [1.807, 2.05) is 0 Å². The van der Waals surface area contributed by atoms with Gasteiger partial charge in [0.2, 0.25) is 0 Å². The van der Waals surface area contributed by atoms with E-state index in [0.717, 1.165) is 12.1 Å². The van der Waals surface area contributed by atoms with Gasteiger partial charge in [-0.2, -0.15) is 0 Å². The zero-order chi connectivity index (χ0) is 14.6. The average Bonchev–Trinajstić information content (AvgIpc) is 2.36. The summed E-state index contributed by atoms with van der Waals surface area (Å²) in [6, 6.07) is 3.38. The van der Waals surface area contributed by atoms with Crippen LogP contribution in [0.4, 0.5) is 8.78 Å². The Morgan fingerprint density at radius 1 is 1.21 bits per heavy atom. The van der Waals surface area contributed by atoms with Crippen molar-refractivity contribution in [2.24, 2.45) is 5.92 Å². The van der Waals surface area contributed by atoms with Gasteiger partial charge < -0.3 is 4.74 Å². The molecule has 0 amide bonds. The number of carbonyl (C=O) groups excluding carboxylic acids is 2. The van der Waals surface area contributed by atoms with Crippen LogP contribution in [0, 0.1) is 17.6 Å². The second-order valence-corrected chi connectivity index (χ2v) is 4.23. The molecule has 1 aromatic carbocycles. The summed E-state index contributed by atoms with van der Waals surface area (Å²) in [7, 11) is 0. The number of hydrogen-bond donors (Lipinski definition) is 0. The zero-order valence-corrected chi connectivity index (χ0v) is 11.1. The maximum Gasteiger partial charge on any atom is 0.316 e. The van der Waals surface area contributed by atoms with E-state index in [9.17, 15) is 18.4 Å². The van der Waals surface area contributed by atoms with E-state index in [0.29, 0.717) is 0 Å². The molecule has 0 bridgehead atoms. The van der Waals surface area contributed by atoms with Crippen molar-refractivity contribution < 1.29 is 23.1 Å². The average molecular weight is 270 g/mol. The van der Waals surface area contributed by atoms with Crippen LogP contribution >= 0.6 is 0 Å². The van der Waals surface area contributed by atoms with Crippen molar-refractivity contribution in [2.75, 3.05) is 6.61 Å². The molecule has 19 heavy (non-hydrogen) atoms. The van der Waals surface area contributed by atoms with Crippen LogP contribution in [0.1, 0.15) is 32.3 Å². The van der Waals surface area contributed by atoms with Crippen molar-refractivity contribution in [1.29, 1.82) is 0 Å². The number of halogens is 2. The van der Waals surface area contributed by atoms with Gasteiger partial charge in [0, 0.05) is 11.5 Å². The van der Waals surface area contributed by atoms with Gasteiger partial charge in [-0.15, -0.1) is 0 Å². The smallest absolute Gasteiger partial charge is 0.316 e. The van der Waals surface area contributed by atoms with E-state index in [1.54, 1.807) is 6.92 Å². The quantitative estimate of drug-likeness (QED) is 0.610. The molecule has 0 aliphatic heterocycles. The number of ketones is 1. The normalized spacial score (nSPS) is 13.7. The molecule has 2 atom stereocenters. The Morgan fingerprint density at radius 2 is 1.74 bits per heavy atom. The molecule has 104 valence electrons. The van der Waals surface area contributed by atoms with Crippen molar-refractivity contribution >= 4 is 11.8 Å². The summed E-state index contributed by atoms with van der Waals surface area (Å²) in [4.78, 5) is 23.5. The lowest BCUT2D eigenvalue weighted by molar-refractivity contribution is -0.151. The molecule has 1 aromatic rings. The van der Waals surface area contributed by atoms with Crippen molar-refractivity contribution in [2.45, 2.75) is 26.7 Å². The van der Waals surface area contributed by atoms with Crippen LogP contribution in [0.3, 0.4) is 0 Å². The molecule has 5 heteroatoms. The number of ether oxygens (including phenoxy) is 1. The molecule has 0 aromatic heterocycles. The number of rotatable bonds is 5. The van der Waals surface area contributed by atoms with E-state index < -0.39 is 35.2 Å². The summed E-state index contributed by atoms with van der Waals surface area (Å²) in [5.74, 6) is -4.93. The summed E-state index contributed by atoms with van der Waals surface area (Å²) in [6.45, 7) is 4.52. The van der Waals surface area contributed by atoms with Crippen molar-refractivity contribution in [3.8, 4) is 0 Å². The molecular formula is C14H16F2O3. The van der Waals surface area contributed by atoms with Crippen LogP contribution in [0.5, 0.6) is 0 Å². The fraction of sp³-hybridized carbons (Fsp3) is 0.429. The maximum atomic E-state index is 13.6. The van der Waals surface area contributed by atoms with Gasteiger partial charge in [-0.05, 0) is 26.0 Å². The van der Waals surface area contributed by atoms with Crippen molar-refractivity contribution in [3.63, 3.8) is 0 Å². The largest absolute Gasteiger partial charge is 0.465 e. The fourth-order valence-electron chi connectivity index (χ4n) is 1.83. The molecule has 0 fully saturated rings. The Morgan fingerprint density at radius 3 is 2.21 bits per heavy atom. The molecule has 0 saturated heterocycles. The van der Waals surface area contributed by atoms with Crippen LogP contribution in [-0.2, 0) is 14.3 Å². The van der Waals surface area contributed by atoms with Crippen LogP contribution in [0.2, 0.25) is 0 Å². The van der Waals surface area contributed by atoms with Crippen molar-refractivity contribution in [1.82, 2.24) is 0 Å². The highest BCUT2D eigenvalue weighted by Gasteiger charge is 2.30. The zero-order valence-electron chi connectivity index (χ0n) is 11.1. The number of Topliss-reactive ketones (excluding diaryl/α,β-unsaturated/α-hetero) is 1. The Labute approximate surface area is 110 Å². The molecule has 0 spiro atoms. The third-order valence-electron chi connectivity index (χ3n) is 2.93. The van der Waals surface area contributed by atoms with Gasteiger partial charge in [0.15, 0.2) is 5.78 Å². The van der Waals surface area contributed by atoms with E-state index in [4.69, 9.17) is 4.74 Å². The first kappa shape index (κ1) is 15.3. The molecule has 0 saturated carbocycles. The van der Waals surface area contributed by atoms with Gasteiger partial charge in [0.05, 0.1) is 6.61 Å². The van der Waals surface area contributed by atoms with Gasteiger partial charge in [-0.25, -0.2) is 8.78 Å². The van der Waals surface area contributed by atoms with Gasteiger partial charge in [0.1, 0.15) is 17.6 Å². The predicted octanol–water partition coefficient (Wildman–Crippen LogP) is 2.84. The highest BCUT2D eigenvalue weighted by Crippen LogP contribution is 2.25. The molecular weight excluding hydrogens is 254 g/mol. The summed E-state index contributed by atoms with van der Waals surface area (Å²) in [5.41, 5.74) is -0.316. The van der Waals surface area contributed by atoms with Crippen LogP contribution < -0.4 is 0 Å². The standard InChI is InChI=1S/C14H16F2O3/c1-4-19-14(18)9(3)13(17)8(2)12-10(15)6-5-7-11(12)16/h5-9H,4H2,1-3H3/t8-,9+/m0/s1. The second kappa shape index (κ2) is 6.41. The summed E-state index contributed by atoms with van der Waals surface area (Å²) in [6.07, 6.45) is 0. The van der Waals surface area contributed by atoms with E-state index >= 15 is 0 Å². The van der Waals surface area contributed by atoms with Gasteiger partial charge in [-0.1, -0.05) is 13.0 Å². The van der Waals surface area contributed by atoms with E-state index in [2.05, 4.69) is 0 Å². The number of hydrogen-bond acceptors (Lipinski definition) is 3. The van der Waals surface area contributed by atoms with Crippen LogP contribution in [0.15, 0.2) is 18.2 Å².